The van der Waals surface area contributed by atoms with E-state index >= 15 is 0 Å². The molecule has 2 nitrogen and oxygen atoms in total. The van der Waals surface area contributed by atoms with Gasteiger partial charge in [0.2, 0.25) is 0 Å². The van der Waals surface area contributed by atoms with Gasteiger partial charge in [-0.05, 0) is 41.5 Å². The van der Waals surface area contributed by atoms with Crippen LogP contribution in [0.5, 0.6) is 5.75 Å². The molecule has 3 heteroatoms. The molecule has 1 aromatic rings. The molecule has 0 saturated carbocycles. The average Bonchev–Trinajstić information content (AvgIpc) is 2.17. The SMILES string of the molecule is CNC1CCOc2c(Br)cc(C)cc21. The molecular formula is C11H14BrNO. The van der Waals surface area contributed by atoms with Gasteiger partial charge in [-0.3, -0.25) is 0 Å². The van der Waals surface area contributed by atoms with Gasteiger partial charge in [-0.25, -0.2) is 0 Å². The van der Waals surface area contributed by atoms with Crippen LogP contribution >= 0.6 is 15.9 Å². The molecule has 0 bridgehead atoms. The lowest BCUT2D eigenvalue weighted by atomic mass is 9.99. The van der Waals surface area contributed by atoms with Gasteiger partial charge < -0.3 is 10.1 Å². The summed E-state index contributed by atoms with van der Waals surface area (Å²) in [5.74, 6) is 1.00. The summed E-state index contributed by atoms with van der Waals surface area (Å²) >= 11 is 3.54. The van der Waals surface area contributed by atoms with Crippen molar-refractivity contribution in [2.45, 2.75) is 19.4 Å². The van der Waals surface area contributed by atoms with E-state index < -0.39 is 0 Å². The lowest BCUT2D eigenvalue weighted by molar-refractivity contribution is 0.255. The van der Waals surface area contributed by atoms with E-state index in [2.05, 4.69) is 40.3 Å². The Labute approximate surface area is 92.8 Å². The van der Waals surface area contributed by atoms with E-state index in [4.69, 9.17) is 4.74 Å². The topological polar surface area (TPSA) is 21.3 Å². The van der Waals surface area contributed by atoms with E-state index in [1.165, 1.54) is 11.1 Å². The number of aryl methyl sites for hydroxylation is 1. The molecule has 0 aromatic heterocycles. The molecule has 0 radical (unpaired) electrons. The van der Waals surface area contributed by atoms with Crippen LogP contribution in [0.25, 0.3) is 0 Å². The summed E-state index contributed by atoms with van der Waals surface area (Å²) in [5.41, 5.74) is 2.53. The first kappa shape index (κ1) is 9.99. The van der Waals surface area contributed by atoms with E-state index in [9.17, 15) is 0 Å². The summed E-state index contributed by atoms with van der Waals surface area (Å²) in [4.78, 5) is 0. The highest BCUT2D eigenvalue weighted by atomic mass is 79.9. The lowest BCUT2D eigenvalue weighted by Crippen LogP contribution is -2.24. The molecule has 0 fully saturated rings. The number of hydrogen-bond acceptors (Lipinski definition) is 2. The summed E-state index contributed by atoms with van der Waals surface area (Å²) in [7, 11) is 2.00. The van der Waals surface area contributed by atoms with Gasteiger partial charge >= 0.3 is 0 Å². The quantitative estimate of drug-likeness (QED) is 0.834. The maximum absolute atomic E-state index is 5.65. The summed E-state index contributed by atoms with van der Waals surface area (Å²) in [6.07, 6.45) is 1.04. The number of hydrogen-bond donors (Lipinski definition) is 1. The minimum absolute atomic E-state index is 0.426. The fourth-order valence-electron chi connectivity index (χ4n) is 1.90. The van der Waals surface area contributed by atoms with E-state index in [1.807, 2.05) is 7.05 Å². The van der Waals surface area contributed by atoms with Crippen molar-refractivity contribution in [1.82, 2.24) is 5.32 Å². The van der Waals surface area contributed by atoms with Gasteiger partial charge in [0.05, 0.1) is 11.1 Å². The molecular weight excluding hydrogens is 242 g/mol. The van der Waals surface area contributed by atoms with E-state index in [0.717, 1.165) is 23.2 Å². The third kappa shape index (κ3) is 1.66. The molecule has 1 heterocycles. The second-order valence-electron chi connectivity index (χ2n) is 3.64. The Bertz CT molecular complexity index is 351. The summed E-state index contributed by atoms with van der Waals surface area (Å²) < 4.78 is 6.72. The van der Waals surface area contributed by atoms with Crippen molar-refractivity contribution in [2.75, 3.05) is 13.7 Å². The van der Waals surface area contributed by atoms with Crippen molar-refractivity contribution in [3.8, 4) is 5.75 Å². The van der Waals surface area contributed by atoms with Gasteiger partial charge in [0.1, 0.15) is 5.75 Å². The normalized spacial score (nSPS) is 20.1. The Kier molecular flexibility index (Phi) is 2.79. The zero-order chi connectivity index (χ0) is 10.1. The smallest absolute Gasteiger partial charge is 0.138 e. The molecule has 2 rings (SSSR count). The van der Waals surface area contributed by atoms with Gasteiger partial charge in [0.15, 0.2) is 0 Å². The molecule has 0 saturated heterocycles. The highest BCUT2D eigenvalue weighted by Crippen LogP contribution is 2.38. The highest BCUT2D eigenvalue weighted by Gasteiger charge is 2.22. The Balaban J connectivity index is 2.51. The number of nitrogens with one attached hydrogen (secondary N) is 1. The maximum Gasteiger partial charge on any atom is 0.138 e. The molecule has 1 aliphatic rings. The Morgan fingerprint density at radius 3 is 3.00 bits per heavy atom. The lowest BCUT2D eigenvalue weighted by Gasteiger charge is -2.26. The largest absolute Gasteiger partial charge is 0.492 e. The fraction of sp³-hybridized carbons (Fsp3) is 0.455. The number of rotatable bonds is 1. The third-order valence-corrected chi connectivity index (χ3v) is 3.18. The monoisotopic (exact) mass is 255 g/mol. The van der Waals surface area contributed by atoms with Gasteiger partial charge in [0.25, 0.3) is 0 Å². The van der Waals surface area contributed by atoms with Gasteiger partial charge in [0, 0.05) is 18.0 Å². The number of benzene rings is 1. The molecule has 0 spiro atoms. The zero-order valence-corrected chi connectivity index (χ0v) is 10.0. The standard InChI is InChI=1S/C11H14BrNO/c1-7-5-8-10(13-2)3-4-14-11(8)9(12)6-7/h5-6,10,13H,3-4H2,1-2H3. The zero-order valence-electron chi connectivity index (χ0n) is 8.43. The molecule has 1 aromatic carbocycles. The maximum atomic E-state index is 5.65. The van der Waals surface area contributed by atoms with Crippen molar-refractivity contribution >= 4 is 15.9 Å². The molecule has 1 aliphatic heterocycles. The van der Waals surface area contributed by atoms with Crippen LogP contribution < -0.4 is 10.1 Å². The molecule has 14 heavy (non-hydrogen) atoms. The predicted molar refractivity (Wildman–Crippen MR) is 60.8 cm³/mol. The summed E-state index contributed by atoms with van der Waals surface area (Å²) in [6, 6.07) is 4.71. The molecule has 1 unspecified atom stereocenters. The molecule has 0 aliphatic carbocycles. The Hall–Kier alpha value is -0.540. The molecule has 0 amide bonds. The second kappa shape index (κ2) is 3.91. The van der Waals surface area contributed by atoms with Crippen molar-refractivity contribution < 1.29 is 4.74 Å². The van der Waals surface area contributed by atoms with Crippen LogP contribution in [0.1, 0.15) is 23.6 Å². The van der Waals surface area contributed by atoms with Crippen molar-refractivity contribution in [3.05, 3.63) is 27.7 Å². The van der Waals surface area contributed by atoms with Crippen LogP contribution in [-0.4, -0.2) is 13.7 Å². The Morgan fingerprint density at radius 1 is 1.50 bits per heavy atom. The molecule has 1 N–H and O–H groups in total. The number of fused-ring (bicyclic) bond motifs is 1. The average molecular weight is 256 g/mol. The first-order valence-corrected chi connectivity index (χ1v) is 5.62. The van der Waals surface area contributed by atoms with Crippen LogP contribution in [0.15, 0.2) is 16.6 Å². The molecule has 76 valence electrons. The van der Waals surface area contributed by atoms with Gasteiger partial charge in [-0.15, -0.1) is 0 Å². The fourth-order valence-corrected chi connectivity index (χ4v) is 2.61. The number of halogens is 1. The van der Waals surface area contributed by atoms with Crippen LogP contribution in [0.2, 0.25) is 0 Å². The van der Waals surface area contributed by atoms with Crippen LogP contribution in [0.3, 0.4) is 0 Å². The first-order valence-electron chi connectivity index (χ1n) is 4.82. The minimum Gasteiger partial charge on any atom is -0.492 e. The third-order valence-electron chi connectivity index (χ3n) is 2.59. The first-order chi connectivity index (χ1) is 6.72. The minimum atomic E-state index is 0.426. The summed E-state index contributed by atoms with van der Waals surface area (Å²) in [6.45, 7) is 2.90. The predicted octanol–water partition coefficient (Wildman–Crippen LogP) is 2.80. The van der Waals surface area contributed by atoms with E-state index in [0.29, 0.717) is 6.04 Å². The highest BCUT2D eigenvalue weighted by molar-refractivity contribution is 9.10. The van der Waals surface area contributed by atoms with Crippen molar-refractivity contribution in [3.63, 3.8) is 0 Å². The van der Waals surface area contributed by atoms with Crippen LogP contribution in [0, 0.1) is 6.92 Å². The second-order valence-corrected chi connectivity index (χ2v) is 4.50. The van der Waals surface area contributed by atoms with Gasteiger partial charge in [-0.2, -0.15) is 0 Å². The summed E-state index contributed by atoms with van der Waals surface area (Å²) in [5, 5.41) is 3.31. The Morgan fingerprint density at radius 2 is 2.29 bits per heavy atom. The molecule has 1 atom stereocenters. The van der Waals surface area contributed by atoms with Crippen molar-refractivity contribution in [2.24, 2.45) is 0 Å². The van der Waals surface area contributed by atoms with Crippen LogP contribution in [0.4, 0.5) is 0 Å². The van der Waals surface area contributed by atoms with E-state index in [-0.39, 0.29) is 0 Å². The van der Waals surface area contributed by atoms with Gasteiger partial charge in [-0.1, -0.05) is 6.07 Å². The number of ether oxygens (including phenoxy) is 1. The van der Waals surface area contributed by atoms with Crippen molar-refractivity contribution in [1.29, 1.82) is 0 Å². The van der Waals surface area contributed by atoms with Crippen LogP contribution in [-0.2, 0) is 0 Å². The van der Waals surface area contributed by atoms with E-state index in [1.54, 1.807) is 0 Å².